The molecule has 74 valence electrons. The van der Waals surface area contributed by atoms with Crippen LogP contribution in [0.25, 0.3) is 0 Å². The summed E-state index contributed by atoms with van der Waals surface area (Å²) in [4.78, 5) is 4.27. The molecule has 1 atom stereocenters. The van der Waals surface area contributed by atoms with Gasteiger partial charge in [-0.3, -0.25) is 0 Å². The number of nitrogens with one attached hydrogen (secondary N) is 1. The van der Waals surface area contributed by atoms with E-state index in [1.54, 1.807) is 12.4 Å². The molecule has 13 heavy (non-hydrogen) atoms. The minimum Gasteiger partial charge on any atom is -0.374 e. The fraction of sp³-hybridized carbons (Fsp3) is 0.545. The summed E-state index contributed by atoms with van der Waals surface area (Å²) >= 11 is 0. The lowest BCUT2D eigenvalue weighted by Crippen LogP contribution is -2.23. The average Bonchev–Trinajstić information content (AvgIpc) is 2.16. The van der Waals surface area contributed by atoms with Gasteiger partial charge in [0.05, 0.1) is 6.34 Å². The van der Waals surface area contributed by atoms with Crippen LogP contribution in [-0.2, 0) is 0 Å². The zero-order valence-corrected chi connectivity index (χ0v) is 8.88. The second-order valence-corrected chi connectivity index (χ2v) is 2.98. The number of allylic oxidation sites excluding steroid dienone is 3. The van der Waals surface area contributed by atoms with Gasteiger partial charge in [0.25, 0.3) is 0 Å². The van der Waals surface area contributed by atoms with Crippen LogP contribution in [0.2, 0.25) is 0 Å². The second-order valence-electron chi connectivity index (χ2n) is 2.98. The predicted octanol–water partition coefficient (Wildman–Crippen LogP) is 2.88. The monoisotopic (exact) mass is 180 g/mol. The topological polar surface area (TPSA) is 24.4 Å². The Morgan fingerprint density at radius 3 is 2.69 bits per heavy atom. The zero-order chi connectivity index (χ0) is 10.1. The number of aliphatic imine (C=N–C) groups is 1. The van der Waals surface area contributed by atoms with E-state index in [-0.39, 0.29) is 0 Å². The van der Waals surface area contributed by atoms with Crippen LogP contribution < -0.4 is 5.32 Å². The standard InChI is InChI=1S/C11H20N2/c1-5-8-11(7-3)13-9-12-10(4)6-2/h5,8-10H,1,6-7H2,2-4H3,(H,12,13)/b11-8+. The maximum Gasteiger partial charge on any atom is 0.0884 e. The molecule has 0 aromatic heterocycles. The van der Waals surface area contributed by atoms with Crippen LogP contribution in [0, 0.1) is 0 Å². The Bertz CT molecular complexity index is 192. The minimum absolute atomic E-state index is 0.491. The van der Waals surface area contributed by atoms with E-state index >= 15 is 0 Å². The molecule has 0 aromatic carbocycles. The van der Waals surface area contributed by atoms with Crippen LogP contribution in [0.15, 0.2) is 29.4 Å². The van der Waals surface area contributed by atoms with Crippen molar-refractivity contribution in [3.8, 4) is 0 Å². The second kappa shape index (κ2) is 7.59. The summed E-state index contributed by atoms with van der Waals surface area (Å²) in [5.74, 6) is 0. The molecule has 0 radical (unpaired) electrons. The van der Waals surface area contributed by atoms with Gasteiger partial charge in [0.2, 0.25) is 0 Å². The van der Waals surface area contributed by atoms with Gasteiger partial charge in [-0.1, -0.05) is 26.5 Å². The summed E-state index contributed by atoms with van der Waals surface area (Å²) in [5, 5.41) is 3.19. The third kappa shape index (κ3) is 6.14. The summed E-state index contributed by atoms with van der Waals surface area (Å²) in [5.41, 5.74) is 1.05. The molecule has 0 aliphatic heterocycles. The third-order valence-electron chi connectivity index (χ3n) is 1.87. The molecule has 1 N–H and O–H groups in total. The normalized spacial score (nSPS) is 14.5. The summed E-state index contributed by atoms with van der Waals surface area (Å²) in [6, 6.07) is 0.491. The molecule has 0 amide bonds. The summed E-state index contributed by atoms with van der Waals surface area (Å²) < 4.78 is 0. The summed E-state index contributed by atoms with van der Waals surface area (Å²) in [6.45, 7) is 9.99. The van der Waals surface area contributed by atoms with Crippen molar-refractivity contribution in [3.63, 3.8) is 0 Å². The van der Waals surface area contributed by atoms with Crippen LogP contribution in [-0.4, -0.2) is 12.4 Å². The molecule has 2 heteroatoms. The van der Waals surface area contributed by atoms with Crippen molar-refractivity contribution in [2.24, 2.45) is 4.99 Å². The Morgan fingerprint density at radius 2 is 2.23 bits per heavy atom. The van der Waals surface area contributed by atoms with E-state index in [0.29, 0.717) is 6.04 Å². The van der Waals surface area contributed by atoms with Gasteiger partial charge >= 0.3 is 0 Å². The maximum atomic E-state index is 4.27. The third-order valence-corrected chi connectivity index (χ3v) is 1.87. The Hall–Kier alpha value is -1.05. The number of nitrogens with zero attached hydrogens (tertiary/aromatic N) is 1. The molecule has 0 aromatic rings. The van der Waals surface area contributed by atoms with Gasteiger partial charge in [-0.25, -0.2) is 4.99 Å². The van der Waals surface area contributed by atoms with Crippen molar-refractivity contribution in [1.82, 2.24) is 5.32 Å². The quantitative estimate of drug-likeness (QED) is 0.379. The van der Waals surface area contributed by atoms with E-state index in [0.717, 1.165) is 18.5 Å². The van der Waals surface area contributed by atoms with Crippen LogP contribution in [0.1, 0.15) is 33.6 Å². The summed E-state index contributed by atoms with van der Waals surface area (Å²) in [6.07, 6.45) is 7.50. The highest BCUT2D eigenvalue weighted by Crippen LogP contribution is 2.00. The summed E-state index contributed by atoms with van der Waals surface area (Å²) in [7, 11) is 0. The van der Waals surface area contributed by atoms with E-state index in [1.807, 2.05) is 6.08 Å². The van der Waals surface area contributed by atoms with Crippen molar-refractivity contribution in [3.05, 3.63) is 24.4 Å². The fourth-order valence-corrected chi connectivity index (χ4v) is 0.753. The number of rotatable bonds is 6. The molecule has 0 saturated carbocycles. The van der Waals surface area contributed by atoms with E-state index < -0.39 is 0 Å². The molecular weight excluding hydrogens is 160 g/mol. The highest BCUT2D eigenvalue weighted by molar-refractivity contribution is 5.56. The first-order chi connectivity index (χ1) is 6.24. The predicted molar refractivity (Wildman–Crippen MR) is 60.0 cm³/mol. The molecule has 0 fully saturated rings. The van der Waals surface area contributed by atoms with Gasteiger partial charge in [0, 0.05) is 11.7 Å². The van der Waals surface area contributed by atoms with Crippen LogP contribution >= 0.6 is 0 Å². The van der Waals surface area contributed by atoms with Crippen molar-refractivity contribution in [2.45, 2.75) is 39.7 Å². The fourth-order valence-electron chi connectivity index (χ4n) is 0.753. The van der Waals surface area contributed by atoms with E-state index in [4.69, 9.17) is 0 Å². The highest BCUT2D eigenvalue weighted by atomic mass is 15.0. The minimum atomic E-state index is 0.491. The lowest BCUT2D eigenvalue weighted by molar-refractivity contribution is 0.648. The molecule has 0 heterocycles. The van der Waals surface area contributed by atoms with Gasteiger partial charge in [0.15, 0.2) is 0 Å². The molecular formula is C11H20N2. The van der Waals surface area contributed by atoms with Gasteiger partial charge < -0.3 is 5.32 Å². The molecule has 0 spiro atoms. The Kier molecular flexibility index (Phi) is 6.98. The van der Waals surface area contributed by atoms with Crippen LogP contribution in [0.5, 0.6) is 0 Å². The molecule has 1 unspecified atom stereocenters. The maximum absolute atomic E-state index is 4.27. The first kappa shape index (κ1) is 11.9. The van der Waals surface area contributed by atoms with Crippen molar-refractivity contribution >= 4 is 6.34 Å². The van der Waals surface area contributed by atoms with Gasteiger partial charge in [-0.15, -0.1) is 0 Å². The van der Waals surface area contributed by atoms with E-state index in [9.17, 15) is 0 Å². The molecule has 0 saturated heterocycles. The van der Waals surface area contributed by atoms with Crippen molar-refractivity contribution < 1.29 is 0 Å². The molecule has 0 aliphatic carbocycles. The first-order valence-corrected chi connectivity index (χ1v) is 4.84. The lowest BCUT2D eigenvalue weighted by Gasteiger charge is -2.06. The van der Waals surface area contributed by atoms with Gasteiger partial charge in [-0.05, 0) is 25.8 Å². The van der Waals surface area contributed by atoms with Crippen LogP contribution in [0.3, 0.4) is 0 Å². The molecule has 2 nitrogen and oxygen atoms in total. The Labute approximate surface area is 81.5 Å². The van der Waals surface area contributed by atoms with E-state index in [1.165, 1.54) is 0 Å². The number of hydrogen-bond acceptors (Lipinski definition) is 1. The molecule has 0 rings (SSSR count). The van der Waals surface area contributed by atoms with Crippen molar-refractivity contribution in [2.75, 3.05) is 0 Å². The van der Waals surface area contributed by atoms with Gasteiger partial charge in [-0.2, -0.15) is 0 Å². The SMILES string of the molecule is C=C/C=C(CC)/N=C\NC(C)CC. The average molecular weight is 180 g/mol. The van der Waals surface area contributed by atoms with E-state index in [2.05, 4.69) is 37.7 Å². The van der Waals surface area contributed by atoms with Crippen LogP contribution in [0.4, 0.5) is 0 Å². The van der Waals surface area contributed by atoms with Crippen molar-refractivity contribution in [1.29, 1.82) is 0 Å². The Morgan fingerprint density at radius 1 is 1.54 bits per heavy atom. The molecule has 0 bridgehead atoms. The number of hydrogen-bond donors (Lipinski definition) is 1. The smallest absolute Gasteiger partial charge is 0.0884 e. The van der Waals surface area contributed by atoms with Gasteiger partial charge in [0.1, 0.15) is 0 Å². The highest BCUT2D eigenvalue weighted by Gasteiger charge is 1.91. The first-order valence-electron chi connectivity index (χ1n) is 4.84. The zero-order valence-electron chi connectivity index (χ0n) is 8.88. The Balaban J connectivity index is 3.93. The largest absolute Gasteiger partial charge is 0.374 e. The lowest BCUT2D eigenvalue weighted by atomic mass is 10.3. The molecule has 0 aliphatic rings.